The molecule has 0 N–H and O–H groups in total. The van der Waals surface area contributed by atoms with Crippen molar-refractivity contribution < 1.29 is 9.53 Å². The van der Waals surface area contributed by atoms with Gasteiger partial charge < -0.3 is 9.30 Å². The third-order valence-electron chi connectivity index (χ3n) is 2.57. The second-order valence-electron chi connectivity index (χ2n) is 4.14. The Labute approximate surface area is 112 Å². The van der Waals surface area contributed by atoms with Crippen LogP contribution in [0.25, 0.3) is 0 Å². The molecular weight excluding hydrogens is 240 g/mol. The molecule has 0 amide bonds. The minimum absolute atomic E-state index is 0.320. The van der Waals surface area contributed by atoms with Gasteiger partial charge in [0.25, 0.3) is 0 Å². The predicted octanol–water partition coefficient (Wildman–Crippen LogP) is 2.95. The molecule has 1 aromatic carbocycles. The van der Waals surface area contributed by atoms with Gasteiger partial charge in [0.1, 0.15) is 0 Å². The van der Waals surface area contributed by atoms with Crippen LogP contribution in [0.4, 0.5) is 5.69 Å². The standard InChI is InChI=1S/C15H16N2O2/c1-3-19-15(18)13-5-4-6-14(9-13)16-10-12-7-8-17(2)11-12/h4-11H,3H2,1-2H3. The molecule has 2 rings (SSSR count). The quantitative estimate of drug-likeness (QED) is 0.623. The maximum Gasteiger partial charge on any atom is 0.338 e. The van der Waals surface area contributed by atoms with Gasteiger partial charge in [-0.3, -0.25) is 4.99 Å². The molecule has 0 bridgehead atoms. The molecule has 0 spiro atoms. The summed E-state index contributed by atoms with van der Waals surface area (Å²) in [7, 11) is 1.96. The van der Waals surface area contributed by atoms with Crippen LogP contribution in [0.15, 0.2) is 47.7 Å². The summed E-state index contributed by atoms with van der Waals surface area (Å²) < 4.78 is 6.91. The zero-order valence-electron chi connectivity index (χ0n) is 11.0. The number of benzene rings is 1. The Balaban J connectivity index is 2.15. The van der Waals surface area contributed by atoms with E-state index in [2.05, 4.69) is 4.99 Å². The number of rotatable bonds is 4. The SMILES string of the molecule is CCOC(=O)c1cccc(N=Cc2ccn(C)c2)c1. The number of carbonyl (C=O) groups is 1. The molecule has 4 heteroatoms. The van der Waals surface area contributed by atoms with E-state index in [9.17, 15) is 4.79 Å². The molecule has 0 saturated heterocycles. The van der Waals surface area contributed by atoms with Crippen LogP contribution in [-0.4, -0.2) is 23.4 Å². The number of hydrogen-bond donors (Lipinski definition) is 0. The Hall–Kier alpha value is -2.36. The lowest BCUT2D eigenvalue weighted by Gasteiger charge is -2.01. The molecule has 19 heavy (non-hydrogen) atoms. The molecule has 0 aliphatic heterocycles. The monoisotopic (exact) mass is 256 g/mol. The Morgan fingerprint density at radius 3 is 2.95 bits per heavy atom. The molecule has 0 aliphatic rings. The summed E-state index contributed by atoms with van der Waals surface area (Å²) in [4.78, 5) is 15.9. The minimum Gasteiger partial charge on any atom is -0.462 e. The van der Waals surface area contributed by atoms with Gasteiger partial charge in [-0.15, -0.1) is 0 Å². The smallest absolute Gasteiger partial charge is 0.338 e. The first-order valence-corrected chi connectivity index (χ1v) is 6.12. The lowest BCUT2D eigenvalue weighted by molar-refractivity contribution is 0.0526. The zero-order valence-corrected chi connectivity index (χ0v) is 11.0. The molecule has 0 aliphatic carbocycles. The van der Waals surface area contributed by atoms with E-state index < -0.39 is 0 Å². The highest BCUT2D eigenvalue weighted by atomic mass is 16.5. The van der Waals surface area contributed by atoms with Gasteiger partial charge >= 0.3 is 5.97 Å². The molecule has 2 aromatic rings. The molecule has 1 heterocycles. The summed E-state index contributed by atoms with van der Waals surface area (Å²) in [6, 6.07) is 9.06. The van der Waals surface area contributed by atoms with E-state index in [1.807, 2.05) is 36.1 Å². The van der Waals surface area contributed by atoms with Gasteiger partial charge in [0.2, 0.25) is 0 Å². The fraction of sp³-hybridized carbons (Fsp3) is 0.200. The molecule has 0 saturated carbocycles. The van der Waals surface area contributed by atoms with E-state index in [-0.39, 0.29) is 5.97 Å². The van der Waals surface area contributed by atoms with E-state index >= 15 is 0 Å². The van der Waals surface area contributed by atoms with Crippen LogP contribution in [0.5, 0.6) is 0 Å². The Bertz CT molecular complexity index is 600. The van der Waals surface area contributed by atoms with E-state index in [4.69, 9.17) is 4.74 Å². The van der Waals surface area contributed by atoms with Crippen LogP contribution in [-0.2, 0) is 11.8 Å². The number of carbonyl (C=O) groups excluding carboxylic acids is 1. The zero-order chi connectivity index (χ0) is 13.7. The summed E-state index contributed by atoms with van der Waals surface area (Å²) in [6.07, 6.45) is 5.69. The van der Waals surface area contributed by atoms with Crippen molar-refractivity contribution in [2.75, 3.05) is 6.61 Å². The number of hydrogen-bond acceptors (Lipinski definition) is 3. The minimum atomic E-state index is -0.320. The first kappa shape index (κ1) is 13.1. The number of aryl methyl sites for hydroxylation is 1. The number of aromatic nitrogens is 1. The van der Waals surface area contributed by atoms with E-state index in [1.165, 1.54) is 0 Å². The van der Waals surface area contributed by atoms with Crippen LogP contribution in [0, 0.1) is 0 Å². The fourth-order valence-electron chi connectivity index (χ4n) is 1.68. The lowest BCUT2D eigenvalue weighted by atomic mass is 10.2. The molecule has 0 unspecified atom stereocenters. The van der Waals surface area contributed by atoms with Gasteiger partial charge in [-0.1, -0.05) is 6.07 Å². The van der Waals surface area contributed by atoms with Gasteiger partial charge in [0.05, 0.1) is 17.9 Å². The summed E-state index contributed by atoms with van der Waals surface area (Å²) in [5.41, 5.74) is 2.27. The fourth-order valence-corrected chi connectivity index (χ4v) is 1.68. The number of nitrogens with zero attached hydrogens (tertiary/aromatic N) is 2. The first-order valence-electron chi connectivity index (χ1n) is 6.12. The van der Waals surface area contributed by atoms with Crippen molar-refractivity contribution in [1.82, 2.24) is 4.57 Å². The van der Waals surface area contributed by atoms with Crippen molar-refractivity contribution in [2.24, 2.45) is 12.0 Å². The molecule has 1 aromatic heterocycles. The molecule has 98 valence electrons. The topological polar surface area (TPSA) is 43.6 Å². The average Bonchev–Trinajstić information content (AvgIpc) is 2.83. The highest BCUT2D eigenvalue weighted by Crippen LogP contribution is 2.15. The Morgan fingerprint density at radius 2 is 2.26 bits per heavy atom. The molecular formula is C15H16N2O2. The second-order valence-corrected chi connectivity index (χ2v) is 4.14. The summed E-state index contributed by atoms with van der Waals surface area (Å²) >= 11 is 0. The van der Waals surface area contributed by atoms with Crippen LogP contribution >= 0.6 is 0 Å². The van der Waals surface area contributed by atoms with Crippen LogP contribution < -0.4 is 0 Å². The Kier molecular flexibility index (Phi) is 4.13. The highest BCUT2D eigenvalue weighted by Gasteiger charge is 2.05. The summed E-state index contributed by atoms with van der Waals surface area (Å²) in [5, 5.41) is 0. The van der Waals surface area contributed by atoms with Gasteiger partial charge in [-0.05, 0) is 31.2 Å². The van der Waals surface area contributed by atoms with Crippen molar-refractivity contribution >= 4 is 17.9 Å². The van der Waals surface area contributed by atoms with Crippen molar-refractivity contribution in [1.29, 1.82) is 0 Å². The molecule has 0 atom stereocenters. The third-order valence-corrected chi connectivity index (χ3v) is 2.57. The lowest BCUT2D eigenvalue weighted by Crippen LogP contribution is -2.03. The number of esters is 1. The number of ether oxygens (including phenoxy) is 1. The van der Waals surface area contributed by atoms with Crippen molar-refractivity contribution in [3.8, 4) is 0 Å². The van der Waals surface area contributed by atoms with Crippen molar-refractivity contribution in [3.63, 3.8) is 0 Å². The largest absolute Gasteiger partial charge is 0.462 e. The predicted molar refractivity (Wildman–Crippen MR) is 75.1 cm³/mol. The van der Waals surface area contributed by atoms with Crippen LogP contribution in [0.1, 0.15) is 22.8 Å². The summed E-state index contributed by atoms with van der Waals surface area (Å²) in [6.45, 7) is 2.16. The van der Waals surface area contributed by atoms with E-state index in [0.29, 0.717) is 12.2 Å². The van der Waals surface area contributed by atoms with Gasteiger partial charge in [-0.2, -0.15) is 0 Å². The maximum absolute atomic E-state index is 11.6. The van der Waals surface area contributed by atoms with Crippen molar-refractivity contribution in [3.05, 3.63) is 53.9 Å². The maximum atomic E-state index is 11.6. The normalized spacial score (nSPS) is 10.8. The molecule has 0 fully saturated rings. The molecule has 0 radical (unpaired) electrons. The second kappa shape index (κ2) is 6.00. The van der Waals surface area contributed by atoms with E-state index in [1.54, 1.807) is 31.3 Å². The average molecular weight is 256 g/mol. The highest BCUT2D eigenvalue weighted by molar-refractivity contribution is 5.90. The van der Waals surface area contributed by atoms with Crippen molar-refractivity contribution in [2.45, 2.75) is 6.92 Å². The summed E-state index contributed by atoms with van der Waals surface area (Å²) in [5.74, 6) is -0.320. The Morgan fingerprint density at radius 1 is 1.42 bits per heavy atom. The van der Waals surface area contributed by atoms with Gasteiger partial charge in [0.15, 0.2) is 0 Å². The molecule has 4 nitrogen and oxygen atoms in total. The number of aliphatic imine (C=N–C) groups is 1. The van der Waals surface area contributed by atoms with Crippen LogP contribution in [0.3, 0.4) is 0 Å². The van der Waals surface area contributed by atoms with Gasteiger partial charge in [-0.25, -0.2) is 4.79 Å². The first-order chi connectivity index (χ1) is 9.19. The third kappa shape index (κ3) is 3.55. The van der Waals surface area contributed by atoms with E-state index in [0.717, 1.165) is 11.3 Å². The van der Waals surface area contributed by atoms with Crippen LogP contribution in [0.2, 0.25) is 0 Å². The van der Waals surface area contributed by atoms with Gasteiger partial charge in [0, 0.05) is 31.2 Å².